The van der Waals surface area contributed by atoms with E-state index in [1.165, 1.54) is 4.88 Å². The Morgan fingerprint density at radius 1 is 1.34 bits per heavy atom. The van der Waals surface area contributed by atoms with E-state index in [0.29, 0.717) is 29.6 Å². The number of quaternary nitrogens is 2. The lowest BCUT2D eigenvalue weighted by atomic mass is 9.88. The molecule has 1 saturated heterocycles. The van der Waals surface area contributed by atoms with Gasteiger partial charge >= 0.3 is 5.97 Å². The highest BCUT2D eigenvalue weighted by Gasteiger charge is 2.29. The van der Waals surface area contributed by atoms with Gasteiger partial charge in [0, 0.05) is 11.3 Å². The third-order valence-electron chi connectivity index (χ3n) is 5.71. The zero-order valence-corrected chi connectivity index (χ0v) is 18.5. The van der Waals surface area contributed by atoms with E-state index in [1.807, 2.05) is 6.92 Å². The maximum Gasteiger partial charge on any atom is 0.341 e. The van der Waals surface area contributed by atoms with Crippen LogP contribution >= 0.6 is 11.3 Å². The van der Waals surface area contributed by atoms with Gasteiger partial charge in [-0.2, -0.15) is 0 Å². The van der Waals surface area contributed by atoms with Crippen molar-refractivity contribution in [2.24, 2.45) is 5.92 Å². The lowest BCUT2D eigenvalue weighted by Gasteiger charge is -2.23. The van der Waals surface area contributed by atoms with Crippen molar-refractivity contribution in [3.8, 4) is 0 Å². The fourth-order valence-corrected chi connectivity index (χ4v) is 5.49. The first-order valence-electron chi connectivity index (χ1n) is 10.9. The average Bonchev–Trinajstić information content (AvgIpc) is 3.05. The normalized spacial score (nSPS) is 19.6. The second-order valence-electron chi connectivity index (χ2n) is 8.07. The Hall–Kier alpha value is -1.48. The number of ether oxygens (including phenoxy) is 2. The molecule has 2 heterocycles. The number of carbonyl (C=O) groups is 2. The molecular formula is C21H35N3O4S+2. The predicted molar refractivity (Wildman–Crippen MR) is 113 cm³/mol. The van der Waals surface area contributed by atoms with Gasteiger partial charge in [0.05, 0.1) is 38.5 Å². The number of thiophene rings is 1. The van der Waals surface area contributed by atoms with Crippen molar-refractivity contribution in [3.05, 3.63) is 16.0 Å². The van der Waals surface area contributed by atoms with Crippen molar-refractivity contribution in [1.29, 1.82) is 0 Å². The summed E-state index contributed by atoms with van der Waals surface area (Å²) in [5.74, 6) is 0.245. The predicted octanol–water partition coefficient (Wildman–Crippen LogP) is -0.143. The summed E-state index contributed by atoms with van der Waals surface area (Å²) in [6, 6.07) is 0. The zero-order chi connectivity index (χ0) is 20.6. The van der Waals surface area contributed by atoms with E-state index in [2.05, 4.69) is 17.6 Å². The summed E-state index contributed by atoms with van der Waals surface area (Å²) < 4.78 is 10.6. The fourth-order valence-electron chi connectivity index (χ4n) is 4.08. The third kappa shape index (κ3) is 6.25. The quantitative estimate of drug-likeness (QED) is 0.380. The molecular weight excluding hydrogens is 390 g/mol. The van der Waals surface area contributed by atoms with E-state index in [4.69, 9.17) is 9.47 Å². The van der Waals surface area contributed by atoms with Crippen LogP contribution in [0.25, 0.3) is 0 Å². The first kappa shape index (κ1) is 22.2. The lowest BCUT2D eigenvalue weighted by molar-refractivity contribution is -0.909. The SMILES string of the molecule is CCOC(=O)c1c(NC(=O)C[NH2+]CCC[NH+]2CCOCC2)sc2c1CC[C@H](C)C2. The molecule has 1 fully saturated rings. The van der Waals surface area contributed by atoms with Gasteiger partial charge in [0.25, 0.3) is 5.91 Å². The summed E-state index contributed by atoms with van der Waals surface area (Å²) in [4.78, 5) is 27.8. The standard InChI is InChI=1S/C21H33N3O4S/c1-3-28-21(26)19-16-6-5-15(2)13-17(16)29-20(19)23-18(25)14-22-7-4-8-24-9-11-27-12-10-24/h15,22H,3-14H2,1-2H3,(H,23,25)/p+2/t15-/m0/s1. The van der Waals surface area contributed by atoms with Gasteiger partial charge in [0.15, 0.2) is 6.54 Å². The molecule has 1 aromatic rings. The molecule has 0 aromatic carbocycles. The van der Waals surface area contributed by atoms with E-state index < -0.39 is 0 Å². The molecule has 29 heavy (non-hydrogen) atoms. The van der Waals surface area contributed by atoms with Crippen molar-refractivity contribution in [3.63, 3.8) is 0 Å². The Morgan fingerprint density at radius 3 is 2.90 bits per heavy atom. The van der Waals surface area contributed by atoms with Crippen LogP contribution in [0.4, 0.5) is 5.00 Å². The highest BCUT2D eigenvalue weighted by Crippen LogP contribution is 2.40. The minimum absolute atomic E-state index is 0.0547. The Kier molecular flexibility index (Phi) is 8.47. The van der Waals surface area contributed by atoms with Crippen LogP contribution in [-0.4, -0.2) is 64.4 Å². The van der Waals surface area contributed by atoms with E-state index in [9.17, 15) is 9.59 Å². The number of hydrogen-bond donors (Lipinski definition) is 3. The highest BCUT2D eigenvalue weighted by molar-refractivity contribution is 7.17. The second-order valence-corrected chi connectivity index (χ2v) is 9.18. The molecule has 0 unspecified atom stereocenters. The van der Waals surface area contributed by atoms with Crippen LogP contribution in [0, 0.1) is 5.92 Å². The van der Waals surface area contributed by atoms with E-state index in [1.54, 1.807) is 16.2 Å². The number of anilines is 1. The number of nitrogens with two attached hydrogens (primary N) is 1. The molecule has 0 radical (unpaired) electrons. The second kappa shape index (κ2) is 11.1. The maximum absolute atomic E-state index is 12.5. The fraction of sp³-hybridized carbons (Fsp3) is 0.714. The van der Waals surface area contributed by atoms with Crippen LogP contribution < -0.4 is 15.5 Å². The molecule has 1 aliphatic carbocycles. The number of amides is 1. The highest BCUT2D eigenvalue weighted by atomic mass is 32.1. The van der Waals surface area contributed by atoms with Gasteiger partial charge < -0.3 is 25.0 Å². The molecule has 1 amide bonds. The summed E-state index contributed by atoms with van der Waals surface area (Å²) in [6.07, 6.45) is 4.01. The smallest absolute Gasteiger partial charge is 0.341 e. The summed E-state index contributed by atoms with van der Waals surface area (Å²) in [7, 11) is 0. The summed E-state index contributed by atoms with van der Waals surface area (Å²) in [6.45, 7) is 10.7. The number of morpholine rings is 1. The van der Waals surface area contributed by atoms with Gasteiger partial charge in [0.2, 0.25) is 0 Å². The number of hydrogen-bond acceptors (Lipinski definition) is 5. The Morgan fingerprint density at radius 2 is 2.14 bits per heavy atom. The van der Waals surface area contributed by atoms with E-state index in [-0.39, 0.29) is 11.9 Å². The monoisotopic (exact) mass is 425 g/mol. The van der Waals surface area contributed by atoms with Crippen LogP contribution in [0.2, 0.25) is 0 Å². The lowest BCUT2D eigenvalue weighted by Crippen LogP contribution is -3.14. The van der Waals surface area contributed by atoms with Gasteiger partial charge in [-0.05, 0) is 37.7 Å². The molecule has 8 heteroatoms. The Balaban J connectivity index is 1.50. The van der Waals surface area contributed by atoms with Crippen LogP contribution in [0.5, 0.6) is 0 Å². The number of fused-ring (bicyclic) bond motifs is 1. The van der Waals surface area contributed by atoms with E-state index in [0.717, 1.165) is 70.6 Å². The molecule has 1 aromatic heterocycles. The third-order valence-corrected chi connectivity index (χ3v) is 6.88. The van der Waals surface area contributed by atoms with Crippen LogP contribution in [0.15, 0.2) is 0 Å². The molecule has 4 N–H and O–H groups in total. The first-order valence-corrected chi connectivity index (χ1v) is 11.7. The minimum Gasteiger partial charge on any atom is -0.462 e. The number of rotatable bonds is 9. The van der Waals surface area contributed by atoms with Crippen molar-refractivity contribution >= 4 is 28.2 Å². The average molecular weight is 426 g/mol. The molecule has 2 aliphatic rings. The number of carbonyl (C=O) groups excluding carboxylic acids is 2. The number of nitrogens with one attached hydrogen (secondary N) is 2. The molecule has 0 spiro atoms. The van der Waals surface area contributed by atoms with Crippen LogP contribution in [0.1, 0.15) is 47.5 Å². The van der Waals surface area contributed by atoms with Gasteiger partial charge in [-0.1, -0.05) is 6.92 Å². The molecule has 1 atom stereocenters. The van der Waals surface area contributed by atoms with Gasteiger partial charge in [0.1, 0.15) is 18.1 Å². The molecule has 1 aliphatic heterocycles. The van der Waals surface area contributed by atoms with Gasteiger partial charge in [-0.15, -0.1) is 11.3 Å². The molecule has 162 valence electrons. The van der Waals surface area contributed by atoms with Crippen LogP contribution in [0.3, 0.4) is 0 Å². The van der Waals surface area contributed by atoms with Crippen LogP contribution in [-0.2, 0) is 27.1 Å². The van der Waals surface area contributed by atoms with Crippen molar-refractivity contribution in [2.75, 3.05) is 57.9 Å². The minimum atomic E-state index is -0.313. The Labute approximate surface area is 177 Å². The topological polar surface area (TPSA) is 85.7 Å². The molecule has 7 nitrogen and oxygen atoms in total. The first-order chi connectivity index (χ1) is 14.1. The largest absolute Gasteiger partial charge is 0.462 e. The van der Waals surface area contributed by atoms with E-state index >= 15 is 0 Å². The Bertz CT molecular complexity index is 700. The van der Waals surface area contributed by atoms with Gasteiger partial charge in [-0.25, -0.2) is 4.79 Å². The van der Waals surface area contributed by atoms with Crippen molar-refractivity contribution < 1.29 is 29.3 Å². The zero-order valence-electron chi connectivity index (χ0n) is 17.7. The van der Waals surface area contributed by atoms with Crippen molar-refractivity contribution in [1.82, 2.24) is 0 Å². The molecule has 3 rings (SSSR count). The molecule has 0 saturated carbocycles. The summed E-state index contributed by atoms with van der Waals surface area (Å²) in [5, 5.41) is 5.70. The number of esters is 1. The van der Waals surface area contributed by atoms with Gasteiger partial charge in [-0.3, -0.25) is 4.79 Å². The molecule has 0 bridgehead atoms. The van der Waals surface area contributed by atoms with Crippen molar-refractivity contribution in [2.45, 2.75) is 39.5 Å². The summed E-state index contributed by atoms with van der Waals surface area (Å²) >= 11 is 1.55. The summed E-state index contributed by atoms with van der Waals surface area (Å²) in [5.41, 5.74) is 1.67. The maximum atomic E-state index is 12.5.